The van der Waals surface area contributed by atoms with Crippen LogP contribution in [0.2, 0.25) is 0 Å². The van der Waals surface area contributed by atoms with Gasteiger partial charge in [-0.1, -0.05) is 6.92 Å². The van der Waals surface area contributed by atoms with Crippen LogP contribution >= 0.6 is 0 Å². The lowest BCUT2D eigenvalue weighted by Gasteiger charge is -2.33. The number of benzene rings is 1. The number of furan rings is 1. The summed E-state index contributed by atoms with van der Waals surface area (Å²) in [5.74, 6) is -0.310. The van der Waals surface area contributed by atoms with Crippen LogP contribution in [0.3, 0.4) is 0 Å². The van der Waals surface area contributed by atoms with Crippen LogP contribution in [0.25, 0.3) is 11.0 Å². The Kier molecular flexibility index (Phi) is 5.91. The molecule has 1 aromatic carbocycles. The summed E-state index contributed by atoms with van der Waals surface area (Å²) in [7, 11) is 0. The Bertz CT molecular complexity index is 1170. The monoisotopic (exact) mass is 452 g/mol. The Labute approximate surface area is 192 Å². The van der Waals surface area contributed by atoms with Gasteiger partial charge in [0.25, 0.3) is 5.91 Å². The van der Waals surface area contributed by atoms with E-state index in [1.165, 1.54) is 0 Å². The van der Waals surface area contributed by atoms with Gasteiger partial charge in [0.2, 0.25) is 5.91 Å². The number of halogens is 1. The van der Waals surface area contributed by atoms with Crippen LogP contribution in [-0.4, -0.2) is 57.6 Å². The van der Waals surface area contributed by atoms with E-state index in [-0.39, 0.29) is 29.3 Å². The fourth-order valence-corrected chi connectivity index (χ4v) is 4.86. The van der Waals surface area contributed by atoms with E-state index >= 15 is 4.39 Å². The number of nitrogens with zero attached hydrogens (tertiary/aromatic N) is 4. The highest BCUT2D eigenvalue weighted by atomic mass is 19.1. The van der Waals surface area contributed by atoms with Crippen molar-refractivity contribution in [1.82, 2.24) is 19.6 Å². The number of rotatable bonds is 6. The highest BCUT2D eigenvalue weighted by Gasteiger charge is 2.30. The van der Waals surface area contributed by atoms with E-state index in [1.54, 1.807) is 21.8 Å². The van der Waals surface area contributed by atoms with Crippen molar-refractivity contribution >= 4 is 22.8 Å². The normalized spacial score (nSPS) is 18.5. The minimum atomic E-state index is -0.329. The zero-order valence-electron chi connectivity index (χ0n) is 18.9. The minimum Gasteiger partial charge on any atom is -0.451 e. The first-order valence-corrected chi connectivity index (χ1v) is 11.8. The molecule has 0 N–H and O–H groups in total. The van der Waals surface area contributed by atoms with E-state index < -0.39 is 0 Å². The van der Waals surface area contributed by atoms with Gasteiger partial charge >= 0.3 is 0 Å². The van der Waals surface area contributed by atoms with Crippen LogP contribution in [0.15, 0.2) is 35.0 Å². The number of likely N-dealkylation sites (tertiary alicyclic amines) is 2. The number of aromatic nitrogens is 2. The van der Waals surface area contributed by atoms with Crippen molar-refractivity contribution in [1.29, 1.82) is 0 Å². The maximum atomic E-state index is 15.7. The van der Waals surface area contributed by atoms with Crippen LogP contribution < -0.4 is 0 Å². The van der Waals surface area contributed by atoms with Crippen molar-refractivity contribution in [2.24, 2.45) is 0 Å². The number of amides is 2. The van der Waals surface area contributed by atoms with Crippen molar-refractivity contribution < 1.29 is 18.4 Å². The van der Waals surface area contributed by atoms with Crippen LogP contribution in [-0.2, 0) is 17.8 Å². The lowest BCUT2D eigenvalue weighted by Crippen LogP contribution is -2.41. The van der Waals surface area contributed by atoms with Gasteiger partial charge in [0.1, 0.15) is 11.4 Å². The van der Waals surface area contributed by atoms with Gasteiger partial charge in [-0.2, -0.15) is 5.10 Å². The zero-order valence-corrected chi connectivity index (χ0v) is 18.9. The van der Waals surface area contributed by atoms with Gasteiger partial charge in [-0.15, -0.1) is 0 Å². The third-order valence-electron chi connectivity index (χ3n) is 6.91. The number of carbonyl (C=O) groups is 2. The van der Waals surface area contributed by atoms with Crippen LogP contribution in [0, 0.1) is 5.82 Å². The molecule has 1 atom stereocenters. The molecule has 2 aliphatic rings. The summed E-state index contributed by atoms with van der Waals surface area (Å²) in [5.41, 5.74) is 1.98. The van der Waals surface area contributed by atoms with Crippen molar-refractivity contribution in [2.45, 2.75) is 51.5 Å². The molecule has 0 saturated carbocycles. The first-order valence-electron chi connectivity index (χ1n) is 11.8. The van der Waals surface area contributed by atoms with Crippen molar-refractivity contribution in [2.75, 3.05) is 26.2 Å². The minimum absolute atomic E-state index is 0.0677. The molecule has 174 valence electrons. The number of aryl methyl sites for hydroxylation is 2. The molecule has 3 aromatic rings. The quantitative estimate of drug-likeness (QED) is 0.567. The predicted octanol–water partition coefficient (Wildman–Crippen LogP) is 3.97. The summed E-state index contributed by atoms with van der Waals surface area (Å²) >= 11 is 0. The van der Waals surface area contributed by atoms with E-state index in [2.05, 4.69) is 5.10 Å². The third-order valence-corrected chi connectivity index (χ3v) is 6.91. The topological polar surface area (TPSA) is 71.6 Å². The van der Waals surface area contributed by atoms with E-state index in [0.29, 0.717) is 49.0 Å². The molecule has 0 bridgehead atoms. The number of piperidine rings is 1. The summed E-state index contributed by atoms with van der Waals surface area (Å²) in [6, 6.07) is 5.27. The van der Waals surface area contributed by atoms with E-state index in [0.717, 1.165) is 37.9 Å². The second-order valence-corrected chi connectivity index (χ2v) is 8.99. The molecule has 4 heterocycles. The molecule has 7 nitrogen and oxygen atoms in total. The molecule has 33 heavy (non-hydrogen) atoms. The van der Waals surface area contributed by atoms with Crippen molar-refractivity contribution in [3.05, 3.63) is 53.3 Å². The lowest BCUT2D eigenvalue weighted by molar-refractivity contribution is -0.132. The van der Waals surface area contributed by atoms with Gasteiger partial charge in [0, 0.05) is 63.5 Å². The Morgan fingerprint density at radius 2 is 2.00 bits per heavy atom. The van der Waals surface area contributed by atoms with E-state index in [1.807, 2.05) is 30.2 Å². The van der Waals surface area contributed by atoms with Crippen molar-refractivity contribution in [3.8, 4) is 0 Å². The number of hydrogen-bond acceptors (Lipinski definition) is 4. The Morgan fingerprint density at radius 3 is 2.70 bits per heavy atom. The Hall–Kier alpha value is -3.16. The number of hydrogen-bond donors (Lipinski definition) is 0. The molecule has 0 spiro atoms. The summed E-state index contributed by atoms with van der Waals surface area (Å²) in [4.78, 5) is 29.0. The largest absolute Gasteiger partial charge is 0.451 e. The maximum Gasteiger partial charge on any atom is 0.289 e. The van der Waals surface area contributed by atoms with Crippen LogP contribution in [0.5, 0.6) is 0 Å². The summed E-state index contributed by atoms with van der Waals surface area (Å²) < 4.78 is 23.3. The molecule has 0 aliphatic carbocycles. The molecule has 8 heteroatoms. The fraction of sp³-hybridized carbons (Fsp3) is 0.480. The fourth-order valence-electron chi connectivity index (χ4n) is 4.86. The number of fused-ring (bicyclic) bond motifs is 1. The van der Waals surface area contributed by atoms with Crippen LogP contribution in [0.4, 0.5) is 4.39 Å². The highest BCUT2D eigenvalue weighted by molar-refractivity contribution is 5.97. The van der Waals surface area contributed by atoms with Gasteiger partial charge in [0.05, 0.1) is 5.39 Å². The summed E-state index contributed by atoms with van der Waals surface area (Å²) in [6.07, 6.45) is 7.24. The SMILES string of the molecule is CCc1cc([C@H]2CCCN(C(=O)CCn3cccn3)C2)c(F)c2cc(C(=O)N3CCC3)oc12. The molecule has 0 unspecified atom stereocenters. The smallest absolute Gasteiger partial charge is 0.289 e. The highest BCUT2D eigenvalue weighted by Crippen LogP contribution is 2.36. The standard InChI is InChI=1S/C25H29FN4O3/c1-2-17-14-19(23(26)20-15-21(33-24(17)20)25(32)28-10-5-11-28)18-6-3-9-29(16-18)22(31)7-13-30-12-4-8-27-30/h4,8,12,14-15,18H,2-3,5-7,9-11,13,16H2,1H3/t18-/m0/s1. The molecule has 2 aromatic heterocycles. The number of carbonyl (C=O) groups excluding carboxylic acids is 2. The lowest BCUT2D eigenvalue weighted by atomic mass is 9.87. The molecule has 2 fully saturated rings. The Balaban J connectivity index is 1.38. The molecule has 5 rings (SSSR count). The molecular weight excluding hydrogens is 423 g/mol. The predicted molar refractivity (Wildman–Crippen MR) is 121 cm³/mol. The Morgan fingerprint density at radius 1 is 1.18 bits per heavy atom. The molecule has 0 radical (unpaired) electrons. The van der Waals surface area contributed by atoms with Gasteiger partial charge in [-0.05, 0) is 48.9 Å². The summed E-state index contributed by atoms with van der Waals surface area (Å²) in [5, 5.41) is 4.52. The first-order chi connectivity index (χ1) is 16.0. The van der Waals surface area contributed by atoms with Crippen molar-refractivity contribution in [3.63, 3.8) is 0 Å². The first kappa shape index (κ1) is 21.7. The second-order valence-electron chi connectivity index (χ2n) is 8.99. The maximum absolute atomic E-state index is 15.7. The average molecular weight is 453 g/mol. The molecule has 2 amide bonds. The molecule has 2 saturated heterocycles. The summed E-state index contributed by atoms with van der Waals surface area (Å²) in [6.45, 7) is 5.17. The van der Waals surface area contributed by atoms with Gasteiger partial charge < -0.3 is 14.2 Å². The van der Waals surface area contributed by atoms with Gasteiger partial charge in [-0.3, -0.25) is 14.3 Å². The third kappa shape index (κ3) is 4.14. The molecular formula is C25H29FN4O3. The van der Waals surface area contributed by atoms with Gasteiger partial charge in [0.15, 0.2) is 5.76 Å². The van der Waals surface area contributed by atoms with Gasteiger partial charge in [-0.25, -0.2) is 4.39 Å². The average Bonchev–Trinajstić information content (AvgIpc) is 3.47. The van der Waals surface area contributed by atoms with E-state index in [4.69, 9.17) is 4.42 Å². The zero-order chi connectivity index (χ0) is 22.9. The van der Waals surface area contributed by atoms with E-state index in [9.17, 15) is 9.59 Å². The van der Waals surface area contributed by atoms with Crippen LogP contribution in [0.1, 0.15) is 60.2 Å². The molecule has 2 aliphatic heterocycles. The second kappa shape index (κ2) is 9.00.